The quantitative estimate of drug-likeness (QED) is 0.452. The Labute approximate surface area is 86.9 Å². The van der Waals surface area contributed by atoms with Crippen LogP contribution in [0.2, 0.25) is 0 Å². The number of hydrogen-bond acceptors (Lipinski definition) is 5. The van der Waals surface area contributed by atoms with E-state index in [4.69, 9.17) is 19.4 Å². The average Bonchev–Trinajstić information content (AvgIpc) is 2.28. The first-order chi connectivity index (χ1) is 7.35. The van der Waals surface area contributed by atoms with Crippen LogP contribution in [-0.4, -0.2) is 31.7 Å². The molecule has 80 valence electrons. The zero-order valence-electron chi connectivity index (χ0n) is 8.27. The SMILES string of the molecule is COc1cc(C=NO)cc2c1OCCO2. The number of rotatable bonds is 2. The van der Waals surface area contributed by atoms with E-state index in [0.29, 0.717) is 36.0 Å². The summed E-state index contributed by atoms with van der Waals surface area (Å²) in [6.45, 7) is 1.02. The standard InChI is InChI=1S/C10H11NO4/c1-13-8-4-7(6-11-12)5-9-10(8)15-3-2-14-9/h4-6,12H,2-3H2,1H3. The van der Waals surface area contributed by atoms with Crippen LogP contribution in [0.4, 0.5) is 0 Å². The number of methoxy groups -OCH3 is 1. The van der Waals surface area contributed by atoms with Crippen LogP contribution >= 0.6 is 0 Å². The molecule has 0 fully saturated rings. The Bertz CT molecular complexity index is 372. The van der Waals surface area contributed by atoms with Gasteiger partial charge in [-0.15, -0.1) is 0 Å². The summed E-state index contributed by atoms with van der Waals surface area (Å²) in [6.07, 6.45) is 1.31. The van der Waals surface area contributed by atoms with Crippen LogP contribution in [0, 0.1) is 0 Å². The van der Waals surface area contributed by atoms with Gasteiger partial charge >= 0.3 is 0 Å². The van der Waals surface area contributed by atoms with E-state index in [1.165, 1.54) is 6.21 Å². The Morgan fingerprint density at radius 1 is 1.40 bits per heavy atom. The second kappa shape index (κ2) is 4.08. The van der Waals surface area contributed by atoms with Crippen LogP contribution in [0.15, 0.2) is 17.3 Å². The molecule has 0 bridgehead atoms. The van der Waals surface area contributed by atoms with Gasteiger partial charge in [0, 0.05) is 5.56 Å². The van der Waals surface area contributed by atoms with Gasteiger partial charge in [-0.3, -0.25) is 0 Å². The lowest BCUT2D eigenvalue weighted by atomic mass is 10.2. The zero-order chi connectivity index (χ0) is 10.7. The molecule has 2 rings (SSSR count). The first-order valence-corrected chi connectivity index (χ1v) is 4.50. The number of fused-ring (bicyclic) bond motifs is 1. The van der Waals surface area contributed by atoms with E-state index in [0.717, 1.165) is 0 Å². The summed E-state index contributed by atoms with van der Waals surface area (Å²) >= 11 is 0. The minimum atomic E-state index is 0.510. The fraction of sp³-hybridized carbons (Fsp3) is 0.300. The van der Waals surface area contributed by atoms with Gasteiger partial charge in [0.25, 0.3) is 0 Å². The molecule has 0 saturated carbocycles. The van der Waals surface area contributed by atoms with Crippen molar-refractivity contribution in [3.05, 3.63) is 17.7 Å². The van der Waals surface area contributed by atoms with Crippen molar-refractivity contribution < 1.29 is 19.4 Å². The molecule has 15 heavy (non-hydrogen) atoms. The van der Waals surface area contributed by atoms with Crippen molar-refractivity contribution in [3.8, 4) is 17.2 Å². The summed E-state index contributed by atoms with van der Waals surface area (Å²) in [6, 6.07) is 3.45. The lowest BCUT2D eigenvalue weighted by Gasteiger charge is -2.20. The molecule has 0 radical (unpaired) electrons. The first-order valence-electron chi connectivity index (χ1n) is 4.50. The summed E-state index contributed by atoms with van der Waals surface area (Å²) < 4.78 is 16.0. The summed E-state index contributed by atoms with van der Waals surface area (Å²) in [7, 11) is 1.55. The van der Waals surface area contributed by atoms with Crippen molar-refractivity contribution in [2.45, 2.75) is 0 Å². The number of ether oxygens (including phenoxy) is 3. The van der Waals surface area contributed by atoms with E-state index in [1.807, 2.05) is 0 Å². The topological polar surface area (TPSA) is 60.3 Å². The van der Waals surface area contributed by atoms with E-state index >= 15 is 0 Å². The minimum absolute atomic E-state index is 0.510. The predicted octanol–water partition coefficient (Wildman–Crippen LogP) is 1.27. The fourth-order valence-electron chi connectivity index (χ4n) is 1.43. The van der Waals surface area contributed by atoms with Gasteiger partial charge in [-0.2, -0.15) is 0 Å². The Kier molecular flexibility index (Phi) is 2.62. The Balaban J connectivity index is 2.47. The monoisotopic (exact) mass is 209 g/mol. The second-order valence-corrected chi connectivity index (χ2v) is 2.99. The van der Waals surface area contributed by atoms with E-state index < -0.39 is 0 Å². The van der Waals surface area contributed by atoms with Crippen molar-refractivity contribution in [1.29, 1.82) is 0 Å². The van der Waals surface area contributed by atoms with E-state index in [-0.39, 0.29) is 0 Å². The van der Waals surface area contributed by atoms with Crippen LogP contribution in [0.5, 0.6) is 17.2 Å². The maximum Gasteiger partial charge on any atom is 0.203 e. The predicted molar refractivity (Wildman–Crippen MR) is 53.4 cm³/mol. The average molecular weight is 209 g/mol. The van der Waals surface area contributed by atoms with E-state index in [2.05, 4.69) is 5.16 Å². The third-order valence-corrected chi connectivity index (χ3v) is 2.06. The first kappa shape index (κ1) is 9.64. The molecule has 1 N–H and O–H groups in total. The smallest absolute Gasteiger partial charge is 0.203 e. The molecule has 0 aromatic heterocycles. The molecule has 0 atom stereocenters. The Morgan fingerprint density at radius 2 is 2.20 bits per heavy atom. The molecule has 1 heterocycles. The van der Waals surface area contributed by atoms with Gasteiger partial charge in [0.2, 0.25) is 5.75 Å². The molecule has 1 aliphatic rings. The maximum absolute atomic E-state index is 8.44. The highest BCUT2D eigenvalue weighted by Crippen LogP contribution is 2.39. The van der Waals surface area contributed by atoms with Gasteiger partial charge in [-0.1, -0.05) is 5.16 Å². The van der Waals surface area contributed by atoms with Crippen LogP contribution in [0.3, 0.4) is 0 Å². The van der Waals surface area contributed by atoms with Crippen molar-refractivity contribution in [3.63, 3.8) is 0 Å². The highest BCUT2D eigenvalue weighted by Gasteiger charge is 2.17. The molecule has 1 aromatic rings. The van der Waals surface area contributed by atoms with Gasteiger partial charge in [0.1, 0.15) is 13.2 Å². The molecule has 1 aliphatic heterocycles. The third-order valence-electron chi connectivity index (χ3n) is 2.06. The van der Waals surface area contributed by atoms with Crippen molar-refractivity contribution in [2.75, 3.05) is 20.3 Å². The molecule has 0 aliphatic carbocycles. The van der Waals surface area contributed by atoms with Crippen molar-refractivity contribution in [1.82, 2.24) is 0 Å². The number of oxime groups is 1. The van der Waals surface area contributed by atoms with Crippen molar-refractivity contribution >= 4 is 6.21 Å². The Hall–Kier alpha value is -1.91. The molecule has 1 aromatic carbocycles. The number of nitrogens with zero attached hydrogens (tertiary/aromatic N) is 1. The van der Waals surface area contributed by atoms with Gasteiger partial charge < -0.3 is 19.4 Å². The zero-order valence-corrected chi connectivity index (χ0v) is 8.27. The molecular weight excluding hydrogens is 198 g/mol. The summed E-state index contributed by atoms with van der Waals surface area (Å²) in [4.78, 5) is 0. The Morgan fingerprint density at radius 3 is 2.93 bits per heavy atom. The largest absolute Gasteiger partial charge is 0.493 e. The van der Waals surface area contributed by atoms with E-state index in [9.17, 15) is 0 Å². The molecule has 5 nitrogen and oxygen atoms in total. The molecular formula is C10H11NO4. The molecule has 0 saturated heterocycles. The lowest BCUT2D eigenvalue weighted by Crippen LogP contribution is -2.16. The lowest BCUT2D eigenvalue weighted by molar-refractivity contribution is 0.165. The van der Waals surface area contributed by atoms with Gasteiger partial charge in [-0.05, 0) is 12.1 Å². The third kappa shape index (κ3) is 1.81. The van der Waals surface area contributed by atoms with Gasteiger partial charge in [-0.25, -0.2) is 0 Å². The number of benzene rings is 1. The van der Waals surface area contributed by atoms with Crippen molar-refractivity contribution in [2.24, 2.45) is 5.16 Å². The summed E-state index contributed by atoms with van der Waals surface area (Å²) in [5.41, 5.74) is 0.693. The minimum Gasteiger partial charge on any atom is -0.493 e. The number of hydrogen-bond donors (Lipinski definition) is 1. The fourth-order valence-corrected chi connectivity index (χ4v) is 1.43. The van der Waals surface area contributed by atoms with Gasteiger partial charge in [0.15, 0.2) is 11.5 Å². The summed E-state index contributed by atoms with van der Waals surface area (Å²) in [5, 5.41) is 11.4. The normalized spacial score (nSPS) is 14.2. The maximum atomic E-state index is 8.44. The summed E-state index contributed by atoms with van der Waals surface area (Å²) in [5.74, 6) is 1.77. The second-order valence-electron chi connectivity index (χ2n) is 2.99. The van der Waals surface area contributed by atoms with Crippen LogP contribution in [-0.2, 0) is 0 Å². The molecule has 0 unspecified atom stereocenters. The van der Waals surface area contributed by atoms with Crippen LogP contribution in [0.1, 0.15) is 5.56 Å². The molecule has 0 amide bonds. The van der Waals surface area contributed by atoms with E-state index in [1.54, 1.807) is 19.2 Å². The van der Waals surface area contributed by atoms with Crippen LogP contribution in [0.25, 0.3) is 0 Å². The highest BCUT2D eigenvalue weighted by molar-refractivity contribution is 5.82. The molecule has 5 heteroatoms. The van der Waals surface area contributed by atoms with Gasteiger partial charge in [0.05, 0.1) is 13.3 Å². The highest BCUT2D eigenvalue weighted by atomic mass is 16.6. The van der Waals surface area contributed by atoms with Crippen LogP contribution < -0.4 is 14.2 Å². The molecule has 0 spiro atoms.